The van der Waals surface area contributed by atoms with Crippen LogP contribution in [0.1, 0.15) is 5.69 Å². The second kappa shape index (κ2) is 3.00. The fourth-order valence-corrected chi connectivity index (χ4v) is 1.41. The Morgan fingerprint density at radius 3 is 2.92 bits per heavy atom. The van der Waals surface area contributed by atoms with Crippen LogP contribution in [-0.2, 0) is 0 Å². The van der Waals surface area contributed by atoms with Gasteiger partial charge in [-0.3, -0.25) is 0 Å². The first-order chi connectivity index (χ1) is 6.33. The molecule has 2 rings (SSSR count). The number of fused-ring (bicyclic) bond motifs is 1. The SMILES string of the molecule is N#Cc1ncnc2cccc(Cl)c12. The molecule has 13 heavy (non-hydrogen) atoms. The van der Waals surface area contributed by atoms with Gasteiger partial charge in [-0.05, 0) is 12.1 Å². The first-order valence-electron chi connectivity index (χ1n) is 3.62. The van der Waals surface area contributed by atoms with Gasteiger partial charge in [0.15, 0.2) is 5.69 Å². The fourth-order valence-electron chi connectivity index (χ4n) is 1.15. The van der Waals surface area contributed by atoms with Crippen LogP contribution in [0.15, 0.2) is 24.5 Å². The minimum absolute atomic E-state index is 0.315. The largest absolute Gasteiger partial charge is 0.236 e. The van der Waals surface area contributed by atoms with Gasteiger partial charge in [-0.25, -0.2) is 9.97 Å². The molecule has 0 aliphatic rings. The van der Waals surface area contributed by atoms with Gasteiger partial charge in [-0.2, -0.15) is 5.26 Å². The summed E-state index contributed by atoms with van der Waals surface area (Å²) in [5.41, 5.74) is 1.01. The Hall–Kier alpha value is -1.66. The summed E-state index contributed by atoms with van der Waals surface area (Å²) in [5, 5.41) is 9.89. The monoisotopic (exact) mass is 189 g/mol. The van der Waals surface area contributed by atoms with E-state index in [1.807, 2.05) is 6.07 Å². The normalized spacial score (nSPS) is 9.85. The lowest BCUT2D eigenvalue weighted by Crippen LogP contribution is -1.88. The molecular formula is C9H4ClN3. The van der Waals surface area contributed by atoms with Crippen LogP contribution in [0.3, 0.4) is 0 Å². The van der Waals surface area contributed by atoms with Gasteiger partial charge in [0.1, 0.15) is 12.4 Å². The van der Waals surface area contributed by atoms with Crippen molar-refractivity contribution in [2.24, 2.45) is 0 Å². The summed E-state index contributed by atoms with van der Waals surface area (Å²) in [6, 6.07) is 7.28. The highest BCUT2D eigenvalue weighted by molar-refractivity contribution is 6.35. The van der Waals surface area contributed by atoms with Crippen molar-refractivity contribution < 1.29 is 0 Å². The predicted molar refractivity (Wildman–Crippen MR) is 49.3 cm³/mol. The van der Waals surface area contributed by atoms with E-state index in [2.05, 4.69) is 9.97 Å². The molecular weight excluding hydrogens is 186 g/mol. The van der Waals surface area contributed by atoms with E-state index in [0.29, 0.717) is 21.6 Å². The molecule has 0 spiro atoms. The molecule has 0 bridgehead atoms. The van der Waals surface area contributed by atoms with Crippen LogP contribution >= 0.6 is 11.6 Å². The molecule has 0 aliphatic heterocycles. The highest BCUT2D eigenvalue weighted by Gasteiger charge is 2.05. The van der Waals surface area contributed by atoms with Crippen LogP contribution in [0.2, 0.25) is 5.02 Å². The van der Waals surface area contributed by atoms with Gasteiger partial charge >= 0.3 is 0 Å². The van der Waals surface area contributed by atoms with E-state index in [9.17, 15) is 0 Å². The third kappa shape index (κ3) is 1.21. The van der Waals surface area contributed by atoms with Crippen molar-refractivity contribution in [1.29, 1.82) is 5.26 Å². The number of hydrogen-bond donors (Lipinski definition) is 0. The minimum atomic E-state index is 0.315. The number of benzene rings is 1. The van der Waals surface area contributed by atoms with Gasteiger partial charge in [0, 0.05) is 0 Å². The maximum atomic E-state index is 8.76. The minimum Gasteiger partial charge on any atom is -0.236 e. The molecule has 0 saturated heterocycles. The Balaban J connectivity index is 2.97. The van der Waals surface area contributed by atoms with Crippen molar-refractivity contribution in [2.75, 3.05) is 0 Å². The van der Waals surface area contributed by atoms with Gasteiger partial charge in [0.05, 0.1) is 15.9 Å². The highest BCUT2D eigenvalue weighted by atomic mass is 35.5. The molecule has 0 radical (unpaired) electrons. The molecule has 3 nitrogen and oxygen atoms in total. The second-order valence-corrected chi connectivity index (χ2v) is 2.88. The molecule has 0 atom stereocenters. The summed E-state index contributed by atoms with van der Waals surface area (Å²) < 4.78 is 0. The number of aromatic nitrogens is 2. The van der Waals surface area contributed by atoms with Crippen molar-refractivity contribution in [3.8, 4) is 6.07 Å². The Morgan fingerprint density at radius 1 is 1.31 bits per heavy atom. The summed E-state index contributed by atoms with van der Waals surface area (Å²) in [6.07, 6.45) is 1.36. The van der Waals surface area contributed by atoms with Crippen molar-refractivity contribution in [1.82, 2.24) is 9.97 Å². The number of halogens is 1. The molecule has 1 aromatic heterocycles. The molecule has 0 amide bonds. The molecule has 1 aromatic carbocycles. The standard InChI is InChI=1S/C9H4ClN3/c10-6-2-1-3-7-9(6)8(4-11)13-5-12-7/h1-3,5H. The first-order valence-corrected chi connectivity index (χ1v) is 4.00. The Kier molecular flexibility index (Phi) is 1.84. The van der Waals surface area contributed by atoms with Crippen LogP contribution in [0.5, 0.6) is 0 Å². The summed E-state index contributed by atoms with van der Waals surface area (Å²) in [7, 11) is 0. The third-order valence-corrected chi connectivity index (χ3v) is 2.03. The van der Waals surface area contributed by atoms with Gasteiger partial charge in [0.2, 0.25) is 0 Å². The first kappa shape index (κ1) is 7.96. The van der Waals surface area contributed by atoms with Crippen molar-refractivity contribution in [3.05, 3.63) is 35.2 Å². The zero-order valence-corrected chi connectivity index (χ0v) is 7.28. The number of rotatable bonds is 0. The van der Waals surface area contributed by atoms with Gasteiger partial charge in [-0.15, -0.1) is 0 Å². The molecule has 2 aromatic rings. The van der Waals surface area contributed by atoms with Gasteiger partial charge in [-0.1, -0.05) is 17.7 Å². The van der Waals surface area contributed by atoms with E-state index in [1.165, 1.54) is 6.33 Å². The van der Waals surface area contributed by atoms with Crippen molar-refractivity contribution in [2.45, 2.75) is 0 Å². The number of hydrogen-bond acceptors (Lipinski definition) is 3. The van der Waals surface area contributed by atoms with E-state index in [-0.39, 0.29) is 0 Å². The third-order valence-electron chi connectivity index (χ3n) is 1.72. The second-order valence-electron chi connectivity index (χ2n) is 2.47. The molecule has 4 heteroatoms. The quantitative estimate of drug-likeness (QED) is 0.638. The van der Waals surface area contributed by atoms with Crippen molar-refractivity contribution in [3.63, 3.8) is 0 Å². The lowest BCUT2D eigenvalue weighted by atomic mass is 10.2. The van der Waals surface area contributed by atoms with Crippen LogP contribution in [0, 0.1) is 11.3 Å². The smallest absolute Gasteiger partial charge is 0.153 e. The maximum Gasteiger partial charge on any atom is 0.153 e. The lowest BCUT2D eigenvalue weighted by Gasteiger charge is -1.98. The average molecular weight is 190 g/mol. The number of nitrogens with zero attached hydrogens (tertiary/aromatic N) is 3. The predicted octanol–water partition coefficient (Wildman–Crippen LogP) is 2.15. The van der Waals surface area contributed by atoms with Gasteiger partial charge in [0.25, 0.3) is 0 Å². The summed E-state index contributed by atoms with van der Waals surface area (Å²) in [4.78, 5) is 7.83. The van der Waals surface area contributed by atoms with Crippen LogP contribution in [0.4, 0.5) is 0 Å². The van der Waals surface area contributed by atoms with E-state index >= 15 is 0 Å². The number of nitriles is 1. The topological polar surface area (TPSA) is 49.6 Å². The van der Waals surface area contributed by atoms with E-state index in [0.717, 1.165) is 0 Å². The summed E-state index contributed by atoms with van der Waals surface area (Å²) in [5.74, 6) is 0. The van der Waals surface area contributed by atoms with E-state index < -0.39 is 0 Å². The lowest BCUT2D eigenvalue weighted by molar-refractivity contribution is 1.19. The zero-order chi connectivity index (χ0) is 9.26. The molecule has 0 unspecified atom stereocenters. The maximum absolute atomic E-state index is 8.76. The molecule has 1 heterocycles. The van der Waals surface area contributed by atoms with E-state index in [4.69, 9.17) is 16.9 Å². The molecule has 0 N–H and O–H groups in total. The Morgan fingerprint density at radius 2 is 2.15 bits per heavy atom. The van der Waals surface area contributed by atoms with Crippen LogP contribution in [-0.4, -0.2) is 9.97 Å². The molecule has 0 saturated carbocycles. The molecule has 0 aliphatic carbocycles. The summed E-state index contributed by atoms with van der Waals surface area (Å²) in [6.45, 7) is 0. The van der Waals surface area contributed by atoms with Crippen molar-refractivity contribution >= 4 is 22.5 Å². The summed E-state index contributed by atoms with van der Waals surface area (Å²) >= 11 is 5.91. The van der Waals surface area contributed by atoms with Gasteiger partial charge < -0.3 is 0 Å². The Labute approximate surface area is 79.6 Å². The van der Waals surface area contributed by atoms with Crippen LogP contribution < -0.4 is 0 Å². The Bertz CT molecular complexity index is 496. The molecule has 0 fully saturated rings. The fraction of sp³-hybridized carbons (Fsp3) is 0. The highest BCUT2D eigenvalue weighted by Crippen LogP contribution is 2.23. The van der Waals surface area contributed by atoms with E-state index in [1.54, 1.807) is 18.2 Å². The van der Waals surface area contributed by atoms with Crippen LogP contribution in [0.25, 0.3) is 10.9 Å². The average Bonchev–Trinajstić information content (AvgIpc) is 2.17. The zero-order valence-electron chi connectivity index (χ0n) is 6.53. The molecule has 62 valence electrons.